The summed E-state index contributed by atoms with van der Waals surface area (Å²) in [4.78, 5) is 21.2. The van der Waals surface area contributed by atoms with E-state index in [0.717, 1.165) is 0 Å². The Kier molecular flexibility index (Phi) is 8.56. The fourth-order valence-corrected chi connectivity index (χ4v) is 0.552. The van der Waals surface area contributed by atoms with Crippen LogP contribution in [0.3, 0.4) is 0 Å². The van der Waals surface area contributed by atoms with E-state index in [9.17, 15) is 14.7 Å². The molecule has 70 valence electrons. The molecule has 0 bridgehead atoms. The largest absolute Gasteiger partial charge is 1.00 e. The van der Waals surface area contributed by atoms with Gasteiger partial charge in [0.2, 0.25) is 5.91 Å². The summed E-state index contributed by atoms with van der Waals surface area (Å²) in [5, 5.41) is 12.3. The number of carboxylic acid groups (broad SMARTS) is 1. The maximum absolute atomic E-state index is 11.2. The van der Waals surface area contributed by atoms with Gasteiger partial charge in [-0.25, -0.2) is 0 Å². The Morgan fingerprint density at radius 2 is 1.85 bits per heavy atom. The van der Waals surface area contributed by atoms with Crippen molar-refractivity contribution in [2.24, 2.45) is 5.41 Å². The van der Waals surface area contributed by atoms with Crippen LogP contribution in [0.2, 0.25) is 0 Å². The summed E-state index contributed by atoms with van der Waals surface area (Å²) in [5.74, 6) is -1.52. The Hall–Kier alpha value is 0.576. The topological polar surface area (TPSA) is 69.2 Å². The van der Waals surface area contributed by atoms with Gasteiger partial charge in [0.1, 0.15) is 0 Å². The zero-order valence-corrected chi connectivity index (χ0v) is 11.8. The van der Waals surface area contributed by atoms with Gasteiger partial charge in [0.25, 0.3) is 0 Å². The maximum Gasteiger partial charge on any atom is 1.00 e. The molecular weight excluding hydrogens is 197 g/mol. The van der Waals surface area contributed by atoms with Crippen LogP contribution in [0.25, 0.3) is 0 Å². The number of amides is 1. The van der Waals surface area contributed by atoms with Crippen LogP contribution in [0.5, 0.6) is 0 Å². The molecule has 0 aliphatic carbocycles. The van der Waals surface area contributed by atoms with Crippen molar-refractivity contribution in [2.45, 2.75) is 27.2 Å². The second-order valence-corrected chi connectivity index (χ2v) is 3.29. The molecule has 0 radical (unpaired) electrons. The van der Waals surface area contributed by atoms with Crippen LogP contribution in [0, 0.1) is 5.41 Å². The summed E-state index contributed by atoms with van der Waals surface area (Å²) < 4.78 is 0. The van der Waals surface area contributed by atoms with Crippen molar-refractivity contribution in [1.82, 2.24) is 5.32 Å². The molecule has 13 heavy (non-hydrogen) atoms. The van der Waals surface area contributed by atoms with E-state index in [1.54, 1.807) is 13.8 Å². The van der Waals surface area contributed by atoms with E-state index in [2.05, 4.69) is 5.32 Å². The second kappa shape index (κ2) is 6.95. The first-order valence-corrected chi connectivity index (χ1v) is 3.88. The first-order chi connectivity index (χ1) is 5.40. The van der Waals surface area contributed by atoms with Gasteiger partial charge in [0.15, 0.2) is 0 Å². The van der Waals surface area contributed by atoms with Gasteiger partial charge in [0.05, 0.1) is 12.5 Å². The van der Waals surface area contributed by atoms with Crippen LogP contribution in [0.4, 0.5) is 0 Å². The van der Waals surface area contributed by atoms with E-state index in [0.29, 0.717) is 6.42 Å². The van der Waals surface area contributed by atoms with Crippen molar-refractivity contribution in [3.63, 3.8) is 0 Å². The van der Waals surface area contributed by atoms with Gasteiger partial charge in [-0.15, -0.1) is 0 Å². The number of hydrogen-bond acceptors (Lipinski definition) is 3. The number of carbonyl (C=O) groups excluding carboxylic acids is 2. The van der Waals surface area contributed by atoms with Crippen LogP contribution < -0.4 is 61.8 Å². The molecule has 0 saturated heterocycles. The van der Waals surface area contributed by atoms with Crippen molar-refractivity contribution in [3.05, 3.63) is 0 Å². The summed E-state index contributed by atoms with van der Waals surface area (Å²) in [6, 6.07) is 0. The predicted molar refractivity (Wildman–Crippen MR) is 42.1 cm³/mol. The molecule has 0 aromatic carbocycles. The minimum absolute atomic E-state index is 0. The summed E-state index contributed by atoms with van der Waals surface area (Å²) in [5.41, 5.74) is -0.505. The van der Waals surface area contributed by atoms with Crippen LogP contribution in [-0.2, 0) is 9.59 Å². The van der Waals surface area contributed by atoms with Crippen LogP contribution >= 0.6 is 0 Å². The summed E-state index contributed by atoms with van der Waals surface area (Å²) in [6.45, 7) is 4.98. The number of carboxylic acids is 1. The monoisotopic (exact) mass is 211 g/mol. The van der Waals surface area contributed by atoms with Gasteiger partial charge in [-0.3, -0.25) is 4.79 Å². The molecule has 0 aliphatic heterocycles. The van der Waals surface area contributed by atoms with E-state index in [1.165, 1.54) is 0 Å². The molecule has 0 aromatic rings. The van der Waals surface area contributed by atoms with Gasteiger partial charge >= 0.3 is 51.4 Å². The average molecular weight is 211 g/mol. The number of hydrogen-bond donors (Lipinski definition) is 1. The Morgan fingerprint density at radius 3 is 2.15 bits per heavy atom. The zero-order valence-electron chi connectivity index (χ0n) is 8.64. The second-order valence-electron chi connectivity index (χ2n) is 3.29. The molecule has 0 spiro atoms. The Morgan fingerprint density at radius 1 is 1.38 bits per heavy atom. The molecule has 0 aliphatic rings. The van der Waals surface area contributed by atoms with Crippen molar-refractivity contribution < 1.29 is 66.1 Å². The first kappa shape index (κ1) is 16.0. The van der Waals surface area contributed by atoms with E-state index in [-0.39, 0.29) is 57.3 Å². The normalized spacial score (nSPS) is 10.1. The molecule has 0 aromatic heterocycles. The van der Waals surface area contributed by atoms with E-state index in [1.807, 2.05) is 6.92 Å². The number of rotatable bonds is 4. The molecule has 4 nitrogen and oxygen atoms in total. The summed E-state index contributed by atoms with van der Waals surface area (Å²) >= 11 is 0. The molecule has 0 fully saturated rings. The molecule has 1 amide bonds. The fraction of sp³-hybridized carbons (Fsp3) is 0.750. The van der Waals surface area contributed by atoms with Crippen LogP contribution in [-0.4, -0.2) is 18.4 Å². The number of nitrogens with one attached hydrogen (secondary N) is 1. The van der Waals surface area contributed by atoms with Crippen molar-refractivity contribution in [1.29, 1.82) is 0 Å². The third-order valence-corrected chi connectivity index (χ3v) is 1.89. The van der Waals surface area contributed by atoms with E-state index < -0.39 is 17.9 Å². The zero-order chi connectivity index (χ0) is 9.78. The SMILES string of the molecule is CCC(C)(C)C(=O)NCC(=O)[O-].[K+]. The molecular formula is C8H14KNO3. The minimum atomic E-state index is -1.27. The van der Waals surface area contributed by atoms with Crippen molar-refractivity contribution >= 4 is 11.9 Å². The molecule has 0 saturated carbocycles. The molecule has 0 unspecified atom stereocenters. The third kappa shape index (κ3) is 6.62. The molecule has 0 rings (SSSR count). The Labute approximate surface area is 121 Å². The van der Waals surface area contributed by atoms with E-state index >= 15 is 0 Å². The molecule has 1 N–H and O–H groups in total. The maximum atomic E-state index is 11.2. The summed E-state index contributed by atoms with van der Waals surface area (Å²) in [7, 11) is 0. The number of carbonyl (C=O) groups is 2. The quantitative estimate of drug-likeness (QED) is 0.487. The van der Waals surface area contributed by atoms with Gasteiger partial charge in [-0.1, -0.05) is 20.8 Å². The van der Waals surface area contributed by atoms with Crippen molar-refractivity contribution in [3.8, 4) is 0 Å². The number of aliphatic carboxylic acids is 1. The third-order valence-electron chi connectivity index (χ3n) is 1.89. The van der Waals surface area contributed by atoms with Crippen molar-refractivity contribution in [2.75, 3.05) is 6.54 Å². The smallest absolute Gasteiger partial charge is 0.548 e. The summed E-state index contributed by atoms with van der Waals surface area (Å²) in [6.07, 6.45) is 0.673. The van der Waals surface area contributed by atoms with Gasteiger partial charge in [0, 0.05) is 5.41 Å². The molecule has 0 heterocycles. The fourth-order valence-electron chi connectivity index (χ4n) is 0.552. The van der Waals surface area contributed by atoms with Gasteiger partial charge < -0.3 is 15.2 Å². The predicted octanol–water partition coefficient (Wildman–Crippen LogP) is -3.71. The molecule has 0 atom stereocenters. The van der Waals surface area contributed by atoms with Gasteiger partial charge in [-0.05, 0) is 6.42 Å². The Bertz CT molecular complexity index is 192. The van der Waals surface area contributed by atoms with Gasteiger partial charge in [-0.2, -0.15) is 0 Å². The Balaban J connectivity index is 0. The minimum Gasteiger partial charge on any atom is -0.548 e. The van der Waals surface area contributed by atoms with Crippen LogP contribution in [0.1, 0.15) is 27.2 Å². The average Bonchev–Trinajstić information content (AvgIpc) is 2.00. The van der Waals surface area contributed by atoms with E-state index in [4.69, 9.17) is 0 Å². The first-order valence-electron chi connectivity index (χ1n) is 3.88. The van der Waals surface area contributed by atoms with Crippen LogP contribution in [0.15, 0.2) is 0 Å². The molecule has 5 heteroatoms. The standard InChI is InChI=1S/C8H15NO3.K/c1-4-8(2,3)7(12)9-5-6(10)11;/h4-5H2,1-3H3,(H,9,12)(H,10,11);/q;+1/p-1.